The van der Waals surface area contributed by atoms with E-state index in [2.05, 4.69) is 5.32 Å². The monoisotopic (exact) mass is 318 g/mol. The zero-order chi connectivity index (χ0) is 16.8. The summed E-state index contributed by atoms with van der Waals surface area (Å²) in [5.41, 5.74) is -0.523. The molecule has 1 N–H and O–H groups in total. The van der Waals surface area contributed by atoms with Gasteiger partial charge in [0.1, 0.15) is 0 Å². The van der Waals surface area contributed by atoms with Gasteiger partial charge in [-0.2, -0.15) is 13.2 Å². The molecular weight excluding hydrogens is 297 g/mol. The smallest absolute Gasteiger partial charge is 0.383 e. The number of amides is 1. The predicted octanol–water partition coefficient (Wildman–Crippen LogP) is 2.29. The Kier molecular flexibility index (Phi) is 6.83. The number of benzene rings is 1. The molecule has 1 aromatic rings. The maximum Gasteiger partial charge on any atom is 0.416 e. The number of alkyl halides is 3. The summed E-state index contributed by atoms with van der Waals surface area (Å²) in [6, 6.07) is 5.23. The molecule has 0 aliphatic heterocycles. The van der Waals surface area contributed by atoms with Crippen molar-refractivity contribution in [1.82, 2.24) is 10.2 Å². The molecule has 1 atom stereocenters. The van der Waals surface area contributed by atoms with Crippen LogP contribution in [0.3, 0.4) is 0 Å². The van der Waals surface area contributed by atoms with Gasteiger partial charge in [0.25, 0.3) is 0 Å². The van der Waals surface area contributed by atoms with Crippen LogP contribution in [-0.2, 0) is 22.3 Å². The molecule has 0 bridgehead atoms. The Bertz CT molecular complexity index is 492. The molecule has 1 unspecified atom stereocenters. The van der Waals surface area contributed by atoms with Gasteiger partial charge in [-0.25, -0.2) is 0 Å². The van der Waals surface area contributed by atoms with Crippen molar-refractivity contribution in [2.24, 2.45) is 0 Å². The molecule has 7 heteroatoms. The van der Waals surface area contributed by atoms with Crippen molar-refractivity contribution < 1.29 is 22.7 Å². The first-order valence-electron chi connectivity index (χ1n) is 6.86. The summed E-state index contributed by atoms with van der Waals surface area (Å²) < 4.78 is 43.6. The third-order valence-electron chi connectivity index (χ3n) is 3.00. The lowest BCUT2D eigenvalue weighted by Crippen LogP contribution is -2.41. The van der Waals surface area contributed by atoms with Gasteiger partial charge in [-0.3, -0.25) is 9.69 Å². The van der Waals surface area contributed by atoms with E-state index in [1.165, 1.54) is 19.2 Å². The molecule has 22 heavy (non-hydrogen) atoms. The minimum absolute atomic E-state index is 0.0141. The number of nitrogens with one attached hydrogen (secondary N) is 1. The minimum Gasteiger partial charge on any atom is -0.383 e. The normalized spacial score (nSPS) is 13.2. The number of hydrogen-bond acceptors (Lipinski definition) is 3. The van der Waals surface area contributed by atoms with Crippen LogP contribution >= 0.6 is 0 Å². The highest BCUT2D eigenvalue weighted by atomic mass is 19.4. The van der Waals surface area contributed by atoms with Crippen molar-refractivity contribution in [2.75, 3.05) is 27.3 Å². The number of likely N-dealkylation sites (N-methyl/N-ethyl adjacent to an activating group) is 1. The topological polar surface area (TPSA) is 41.6 Å². The van der Waals surface area contributed by atoms with Crippen molar-refractivity contribution in [3.8, 4) is 0 Å². The SMILES string of the molecule is COCC(C)NC(=O)CN(C)Cc1ccccc1C(F)(F)F. The Morgan fingerprint density at radius 3 is 2.59 bits per heavy atom. The lowest BCUT2D eigenvalue weighted by Gasteiger charge is -2.20. The Labute approximate surface area is 128 Å². The summed E-state index contributed by atoms with van der Waals surface area (Å²) >= 11 is 0. The van der Waals surface area contributed by atoms with Crippen molar-refractivity contribution in [1.29, 1.82) is 0 Å². The maximum atomic E-state index is 12.9. The Morgan fingerprint density at radius 1 is 1.36 bits per heavy atom. The molecule has 0 saturated heterocycles. The second kappa shape index (κ2) is 8.14. The van der Waals surface area contributed by atoms with Crippen LogP contribution in [0.5, 0.6) is 0 Å². The van der Waals surface area contributed by atoms with E-state index in [0.29, 0.717) is 6.61 Å². The molecule has 0 fully saturated rings. The van der Waals surface area contributed by atoms with Gasteiger partial charge in [0, 0.05) is 19.7 Å². The third-order valence-corrected chi connectivity index (χ3v) is 3.00. The highest BCUT2D eigenvalue weighted by Crippen LogP contribution is 2.32. The molecular formula is C15H21F3N2O2. The van der Waals surface area contributed by atoms with Gasteiger partial charge in [-0.1, -0.05) is 18.2 Å². The van der Waals surface area contributed by atoms with Gasteiger partial charge in [0.15, 0.2) is 0 Å². The van der Waals surface area contributed by atoms with Crippen LogP contribution in [0.2, 0.25) is 0 Å². The number of methoxy groups -OCH3 is 1. The number of carbonyl (C=O) groups excluding carboxylic acids is 1. The number of halogens is 3. The zero-order valence-electron chi connectivity index (χ0n) is 12.9. The number of rotatable bonds is 7. The second-order valence-corrected chi connectivity index (χ2v) is 5.25. The highest BCUT2D eigenvalue weighted by molar-refractivity contribution is 5.78. The average Bonchev–Trinajstić information content (AvgIpc) is 2.37. The first-order chi connectivity index (χ1) is 10.2. The van der Waals surface area contributed by atoms with E-state index in [1.54, 1.807) is 24.9 Å². The quantitative estimate of drug-likeness (QED) is 0.839. The standard InChI is InChI=1S/C15H21F3N2O2/c1-11(10-22-3)19-14(21)9-20(2)8-12-6-4-5-7-13(12)15(16,17)18/h4-7,11H,8-10H2,1-3H3,(H,19,21). The Balaban J connectivity index is 2.62. The minimum atomic E-state index is -4.40. The fourth-order valence-electron chi connectivity index (χ4n) is 2.14. The van der Waals surface area contributed by atoms with Crippen molar-refractivity contribution in [2.45, 2.75) is 25.7 Å². The molecule has 0 radical (unpaired) electrons. The number of hydrogen-bond donors (Lipinski definition) is 1. The van der Waals surface area contributed by atoms with Gasteiger partial charge in [0.2, 0.25) is 5.91 Å². The van der Waals surface area contributed by atoms with Gasteiger partial charge < -0.3 is 10.1 Å². The van der Waals surface area contributed by atoms with E-state index in [1.807, 2.05) is 0 Å². The number of nitrogens with zero attached hydrogens (tertiary/aromatic N) is 1. The molecule has 0 spiro atoms. The molecule has 1 amide bonds. The predicted molar refractivity (Wildman–Crippen MR) is 77.3 cm³/mol. The summed E-state index contributed by atoms with van der Waals surface area (Å²) in [5.74, 6) is -0.253. The van der Waals surface area contributed by atoms with E-state index in [9.17, 15) is 18.0 Å². The van der Waals surface area contributed by atoms with Gasteiger partial charge in [-0.05, 0) is 25.6 Å². The first-order valence-corrected chi connectivity index (χ1v) is 6.86. The van der Waals surface area contributed by atoms with Crippen LogP contribution in [-0.4, -0.2) is 44.2 Å². The molecule has 124 valence electrons. The van der Waals surface area contributed by atoms with Gasteiger partial charge >= 0.3 is 6.18 Å². The summed E-state index contributed by atoms with van der Waals surface area (Å²) in [6.45, 7) is 2.23. The van der Waals surface area contributed by atoms with Crippen molar-refractivity contribution in [3.05, 3.63) is 35.4 Å². The fourth-order valence-corrected chi connectivity index (χ4v) is 2.14. The largest absolute Gasteiger partial charge is 0.416 e. The summed E-state index contributed by atoms with van der Waals surface area (Å²) in [5, 5.41) is 2.71. The van der Waals surface area contributed by atoms with Crippen molar-refractivity contribution >= 4 is 5.91 Å². The molecule has 0 saturated carbocycles. The molecule has 1 rings (SSSR count). The highest BCUT2D eigenvalue weighted by Gasteiger charge is 2.33. The van der Waals surface area contributed by atoms with Crippen LogP contribution in [0.1, 0.15) is 18.1 Å². The van der Waals surface area contributed by atoms with Crippen LogP contribution in [0.25, 0.3) is 0 Å². The lowest BCUT2D eigenvalue weighted by molar-refractivity contribution is -0.138. The molecule has 0 aromatic heterocycles. The number of ether oxygens (including phenoxy) is 1. The van der Waals surface area contributed by atoms with Crippen molar-refractivity contribution in [3.63, 3.8) is 0 Å². The first kappa shape index (κ1) is 18.4. The molecule has 4 nitrogen and oxygen atoms in total. The summed E-state index contributed by atoms with van der Waals surface area (Å²) in [6.07, 6.45) is -4.40. The van der Waals surface area contributed by atoms with Crippen LogP contribution in [0.4, 0.5) is 13.2 Å². The Morgan fingerprint density at radius 2 is 2.00 bits per heavy atom. The third kappa shape index (κ3) is 6.03. The van der Waals surface area contributed by atoms with E-state index in [-0.39, 0.29) is 30.6 Å². The average molecular weight is 318 g/mol. The maximum absolute atomic E-state index is 12.9. The van der Waals surface area contributed by atoms with E-state index < -0.39 is 11.7 Å². The second-order valence-electron chi connectivity index (χ2n) is 5.25. The van der Waals surface area contributed by atoms with Gasteiger partial charge in [-0.15, -0.1) is 0 Å². The van der Waals surface area contributed by atoms with E-state index in [4.69, 9.17) is 4.74 Å². The number of carbonyl (C=O) groups is 1. The van der Waals surface area contributed by atoms with Crippen LogP contribution < -0.4 is 5.32 Å². The molecule has 1 aromatic carbocycles. The molecule has 0 aliphatic carbocycles. The fraction of sp³-hybridized carbons (Fsp3) is 0.533. The van der Waals surface area contributed by atoms with Gasteiger partial charge in [0.05, 0.1) is 18.7 Å². The van der Waals surface area contributed by atoms with E-state index in [0.717, 1.165) is 6.07 Å². The van der Waals surface area contributed by atoms with E-state index >= 15 is 0 Å². The van der Waals surface area contributed by atoms with Crippen LogP contribution in [0, 0.1) is 0 Å². The van der Waals surface area contributed by atoms with Crippen LogP contribution in [0.15, 0.2) is 24.3 Å². The zero-order valence-corrected chi connectivity index (χ0v) is 12.9. The molecule has 0 heterocycles. The molecule has 0 aliphatic rings. The summed E-state index contributed by atoms with van der Waals surface area (Å²) in [4.78, 5) is 13.3. The Hall–Kier alpha value is -1.60. The lowest BCUT2D eigenvalue weighted by atomic mass is 10.1. The summed E-state index contributed by atoms with van der Waals surface area (Å²) in [7, 11) is 3.14.